The van der Waals surface area contributed by atoms with Crippen LogP contribution in [0, 0.1) is 0 Å². The van der Waals surface area contributed by atoms with Gasteiger partial charge in [0.2, 0.25) is 0 Å². The third kappa shape index (κ3) is 3.44. The molecule has 0 bridgehead atoms. The van der Waals surface area contributed by atoms with Gasteiger partial charge in [-0.15, -0.1) is 0 Å². The summed E-state index contributed by atoms with van der Waals surface area (Å²) in [6.45, 7) is 0.379. The number of nitrogens with zero attached hydrogens (tertiary/aromatic N) is 4. The van der Waals surface area contributed by atoms with Gasteiger partial charge in [0, 0.05) is 36.9 Å². The Bertz CT molecular complexity index is 888. The van der Waals surface area contributed by atoms with E-state index in [9.17, 15) is 4.79 Å². The predicted octanol–water partition coefficient (Wildman–Crippen LogP) is 3.65. The molecule has 0 aliphatic heterocycles. The highest BCUT2D eigenvalue weighted by atomic mass is 35.5. The van der Waals surface area contributed by atoms with Crippen LogP contribution in [0.4, 0.5) is 0 Å². The van der Waals surface area contributed by atoms with Gasteiger partial charge in [0.25, 0.3) is 5.91 Å². The van der Waals surface area contributed by atoms with Crippen molar-refractivity contribution in [2.24, 2.45) is 7.05 Å². The van der Waals surface area contributed by atoms with Gasteiger partial charge in [-0.05, 0) is 24.3 Å². The lowest BCUT2D eigenvalue weighted by Gasteiger charge is -2.13. The zero-order valence-electron chi connectivity index (χ0n) is 13.0. The molecule has 1 aromatic carbocycles. The maximum atomic E-state index is 12.5. The summed E-state index contributed by atoms with van der Waals surface area (Å²) in [4.78, 5) is 14.0. The summed E-state index contributed by atoms with van der Waals surface area (Å²) in [6, 6.07) is 8.44. The number of hydrogen-bond donors (Lipinski definition) is 0. The first-order valence-electron chi connectivity index (χ1n) is 7.10. The molecule has 0 saturated heterocycles. The summed E-state index contributed by atoms with van der Waals surface area (Å²) in [5.74, 6) is 0.145. The van der Waals surface area contributed by atoms with Gasteiger partial charge in [0.05, 0.1) is 17.3 Å². The van der Waals surface area contributed by atoms with Crippen molar-refractivity contribution in [2.45, 2.75) is 6.54 Å². The van der Waals surface area contributed by atoms with Crippen molar-refractivity contribution in [3.63, 3.8) is 0 Å². The fourth-order valence-electron chi connectivity index (χ4n) is 2.25. The molecule has 0 unspecified atom stereocenters. The first-order chi connectivity index (χ1) is 11.4. The zero-order chi connectivity index (χ0) is 17.3. The second-order valence-electron chi connectivity index (χ2n) is 5.34. The lowest BCUT2D eigenvalue weighted by atomic mass is 10.1. The zero-order valence-corrected chi connectivity index (χ0v) is 14.5. The number of carbonyl (C=O) groups excluding carboxylic acids is 1. The molecule has 0 fully saturated rings. The van der Waals surface area contributed by atoms with Crippen molar-refractivity contribution in [3.8, 4) is 11.3 Å². The third-order valence-corrected chi connectivity index (χ3v) is 3.99. The van der Waals surface area contributed by atoms with Crippen molar-refractivity contribution in [3.05, 3.63) is 58.0 Å². The van der Waals surface area contributed by atoms with E-state index >= 15 is 0 Å². The van der Waals surface area contributed by atoms with Crippen LogP contribution >= 0.6 is 23.2 Å². The Morgan fingerprint density at radius 3 is 2.75 bits per heavy atom. The minimum absolute atomic E-state index is 0.203. The lowest BCUT2D eigenvalue weighted by molar-refractivity contribution is 0.0773. The van der Waals surface area contributed by atoms with E-state index in [-0.39, 0.29) is 11.6 Å². The second kappa shape index (κ2) is 6.67. The summed E-state index contributed by atoms with van der Waals surface area (Å²) in [5.41, 5.74) is 1.62. The molecule has 0 spiro atoms. The molecule has 2 heterocycles. The molecule has 0 aliphatic carbocycles. The Morgan fingerprint density at radius 2 is 2.08 bits per heavy atom. The fraction of sp³-hybridized carbons (Fsp3) is 0.188. The van der Waals surface area contributed by atoms with E-state index in [1.165, 1.54) is 4.90 Å². The maximum absolute atomic E-state index is 12.5. The Hall–Kier alpha value is -2.31. The van der Waals surface area contributed by atoms with Gasteiger partial charge < -0.3 is 9.42 Å². The molecule has 2 aromatic heterocycles. The largest absolute Gasteiger partial charge is 0.355 e. The Balaban J connectivity index is 1.78. The maximum Gasteiger partial charge on any atom is 0.276 e. The van der Waals surface area contributed by atoms with Gasteiger partial charge in [-0.25, -0.2) is 0 Å². The van der Waals surface area contributed by atoms with Crippen LogP contribution in [0.15, 0.2) is 41.1 Å². The normalized spacial score (nSPS) is 10.8. The highest BCUT2D eigenvalue weighted by molar-refractivity contribution is 6.36. The SMILES string of the molecule is CN(Cc1ccn(C)n1)C(=O)c1cc(-c2ccc(Cl)cc2Cl)on1. The third-order valence-electron chi connectivity index (χ3n) is 3.44. The smallest absolute Gasteiger partial charge is 0.276 e. The van der Waals surface area contributed by atoms with Crippen LogP contribution in [0.1, 0.15) is 16.2 Å². The van der Waals surface area contributed by atoms with E-state index in [0.29, 0.717) is 27.9 Å². The van der Waals surface area contributed by atoms with Gasteiger partial charge >= 0.3 is 0 Å². The minimum atomic E-state index is -0.263. The van der Waals surface area contributed by atoms with Crippen molar-refractivity contribution in [2.75, 3.05) is 7.05 Å². The van der Waals surface area contributed by atoms with Crippen LogP contribution in [0.2, 0.25) is 10.0 Å². The predicted molar refractivity (Wildman–Crippen MR) is 91.0 cm³/mol. The number of benzene rings is 1. The summed E-state index contributed by atoms with van der Waals surface area (Å²) in [7, 11) is 3.51. The molecule has 6 nitrogen and oxygen atoms in total. The summed E-state index contributed by atoms with van der Waals surface area (Å²) < 4.78 is 6.94. The minimum Gasteiger partial charge on any atom is -0.355 e. The number of halogens is 2. The van der Waals surface area contributed by atoms with E-state index in [2.05, 4.69) is 10.3 Å². The van der Waals surface area contributed by atoms with Crippen molar-refractivity contribution in [1.29, 1.82) is 0 Å². The summed E-state index contributed by atoms with van der Waals surface area (Å²) >= 11 is 12.0. The van der Waals surface area contributed by atoms with Gasteiger partial charge in [-0.2, -0.15) is 5.10 Å². The second-order valence-corrected chi connectivity index (χ2v) is 6.19. The Kier molecular flexibility index (Phi) is 4.59. The molecule has 1 amide bonds. The quantitative estimate of drug-likeness (QED) is 0.708. The fourth-order valence-corrected chi connectivity index (χ4v) is 2.75. The molecule has 124 valence electrons. The van der Waals surface area contributed by atoms with E-state index in [4.69, 9.17) is 27.7 Å². The monoisotopic (exact) mass is 364 g/mol. The van der Waals surface area contributed by atoms with Crippen molar-refractivity contribution in [1.82, 2.24) is 19.8 Å². The van der Waals surface area contributed by atoms with Gasteiger partial charge in [-0.1, -0.05) is 28.4 Å². The first-order valence-corrected chi connectivity index (χ1v) is 7.86. The van der Waals surface area contributed by atoms with Crippen LogP contribution in [0.3, 0.4) is 0 Å². The Labute approximate surface area is 148 Å². The van der Waals surface area contributed by atoms with Crippen LogP contribution in [0.5, 0.6) is 0 Å². The van der Waals surface area contributed by atoms with E-state index in [1.807, 2.05) is 19.3 Å². The highest BCUT2D eigenvalue weighted by Crippen LogP contribution is 2.30. The molecule has 24 heavy (non-hydrogen) atoms. The van der Waals surface area contributed by atoms with E-state index < -0.39 is 0 Å². The van der Waals surface area contributed by atoms with Crippen molar-refractivity contribution >= 4 is 29.1 Å². The van der Waals surface area contributed by atoms with Crippen LogP contribution < -0.4 is 0 Å². The van der Waals surface area contributed by atoms with Crippen LogP contribution in [-0.4, -0.2) is 32.8 Å². The topological polar surface area (TPSA) is 64.2 Å². The van der Waals surface area contributed by atoms with E-state index in [1.54, 1.807) is 36.0 Å². The van der Waals surface area contributed by atoms with Gasteiger partial charge in [-0.3, -0.25) is 9.48 Å². The van der Waals surface area contributed by atoms with Crippen LogP contribution in [-0.2, 0) is 13.6 Å². The molecule has 3 rings (SSSR count). The molecule has 8 heteroatoms. The molecule has 3 aromatic rings. The number of carbonyl (C=O) groups is 1. The van der Waals surface area contributed by atoms with E-state index in [0.717, 1.165) is 5.69 Å². The summed E-state index contributed by atoms with van der Waals surface area (Å²) in [6.07, 6.45) is 1.82. The first kappa shape index (κ1) is 16.5. The number of hydrogen-bond acceptors (Lipinski definition) is 4. The number of amides is 1. The highest BCUT2D eigenvalue weighted by Gasteiger charge is 2.19. The number of aryl methyl sites for hydroxylation is 1. The lowest BCUT2D eigenvalue weighted by Crippen LogP contribution is -2.26. The molecule has 0 N–H and O–H groups in total. The standard InChI is InChI=1S/C16H14Cl2N4O2/c1-21(9-11-5-6-22(2)19-11)16(23)14-8-15(24-20-14)12-4-3-10(17)7-13(12)18/h3-8H,9H2,1-2H3. The molecule has 0 atom stereocenters. The van der Waals surface area contributed by atoms with Gasteiger partial charge in [0.1, 0.15) is 0 Å². The number of rotatable bonds is 4. The van der Waals surface area contributed by atoms with Gasteiger partial charge in [0.15, 0.2) is 11.5 Å². The Morgan fingerprint density at radius 1 is 1.29 bits per heavy atom. The molecular formula is C16H14Cl2N4O2. The molecular weight excluding hydrogens is 351 g/mol. The van der Waals surface area contributed by atoms with Crippen molar-refractivity contribution < 1.29 is 9.32 Å². The molecule has 0 radical (unpaired) electrons. The molecule has 0 aliphatic rings. The van der Waals surface area contributed by atoms with Crippen LogP contribution in [0.25, 0.3) is 11.3 Å². The number of aromatic nitrogens is 3. The average Bonchev–Trinajstić information content (AvgIpc) is 3.16. The summed E-state index contributed by atoms with van der Waals surface area (Å²) in [5, 5.41) is 9.04. The molecule has 0 saturated carbocycles. The average molecular weight is 365 g/mol.